The van der Waals surface area contributed by atoms with Gasteiger partial charge < -0.3 is 0 Å². The molecule has 0 amide bonds. The summed E-state index contributed by atoms with van der Waals surface area (Å²) < 4.78 is 51.2. The van der Waals surface area contributed by atoms with E-state index in [4.69, 9.17) is 0 Å². The highest BCUT2D eigenvalue weighted by Gasteiger charge is 2.14. The third-order valence-electron chi connectivity index (χ3n) is 2.34. The van der Waals surface area contributed by atoms with Gasteiger partial charge in [-0.25, -0.2) is 18.1 Å². The van der Waals surface area contributed by atoms with Crippen LogP contribution in [0, 0.1) is 0 Å². The van der Waals surface area contributed by atoms with E-state index < -0.39 is 20.0 Å². The molecule has 2 rings (SSSR count). The van der Waals surface area contributed by atoms with E-state index in [2.05, 4.69) is 14.4 Å². The minimum atomic E-state index is -3.64. The van der Waals surface area contributed by atoms with Gasteiger partial charge in [-0.3, -0.25) is 0 Å². The highest BCUT2D eigenvalue weighted by atomic mass is 32.2. The van der Waals surface area contributed by atoms with Crippen LogP contribution in [0.25, 0.3) is 10.2 Å². The van der Waals surface area contributed by atoms with Crippen LogP contribution in [0.4, 0.5) is 5.13 Å². The summed E-state index contributed by atoms with van der Waals surface area (Å²) in [5.41, 5.74) is 0.539. The van der Waals surface area contributed by atoms with Crippen molar-refractivity contribution in [1.29, 1.82) is 0 Å². The van der Waals surface area contributed by atoms with E-state index in [1.54, 1.807) is 13.0 Å². The van der Waals surface area contributed by atoms with Gasteiger partial charge in [0.25, 0.3) is 0 Å². The summed E-state index contributed by atoms with van der Waals surface area (Å²) in [5.74, 6) is 0. The number of fused-ring (bicyclic) bond motifs is 1. The predicted molar refractivity (Wildman–Crippen MR) is 78.9 cm³/mol. The second-order valence-electron chi connectivity index (χ2n) is 4.02. The molecule has 1 heterocycles. The Hall–Kier alpha value is -1.23. The molecular formula is C10H13N3O4S3. The molecule has 20 heavy (non-hydrogen) atoms. The molecule has 2 N–H and O–H groups in total. The minimum absolute atomic E-state index is 0.176. The average molecular weight is 335 g/mol. The average Bonchev–Trinajstić information content (AvgIpc) is 2.67. The van der Waals surface area contributed by atoms with Crippen LogP contribution in [0.2, 0.25) is 0 Å². The highest BCUT2D eigenvalue weighted by Crippen LogP contribution is 2.28. The van der Waals surface area contributed by atoms with Gasteiger partial charge in [0.15, 0.2) is 15.0 Å². The van der Waals surface area contributed by atoms with E-state index in [0.29, 0.717) is 10.2 Å². The molecule has 110 valence electrons. The highest BCUT2D eigenvalue weighted by molar-refractivity contribution is 7.91. The van der Waals surface area contributed by atoms with Gasteiger partial charge in [-0.05, 0) is 18.2 Å². The third-order valence-corrected chi connectivity index (χ3v) is 5.65. The Morgan fingerprint density at radius 2 is 1.95 bits per heavy atom. The van der Waals surface area contributed by atoms with E-state index in [-0.39, 0.29) is 16.6 Å². The van der Waals surface area contributed by atoms with Gasteiger partial charge >= 0.3 is 10.2 Å². The topological polar surface area (TPSA) is 105 Å². The smallest absolute Gasteiger partial charge is 0.246 e. The van der Waals surface area contributed by atoms with Crippen LogP contribution in [0.5, 0.6) is 0 Å². The van der Waals surface area contributed by atoms with Crippen molar-refractivity contribution in [3.8, 4) is 0 Å². The second-order valence-corrected chi connectivity index (χ2v) is 8.57. The Labute approximate surface area is 121 Å². The van der Waals surface area contributed by atoms with Gasteiger partial charge in [-0.15, -0.1) is 0 Å². The molecule has 0 saturated carbocycles. The second kappa shape index (κ2) is 5.28. The van der Waals surface area contributed by atoms with E-state index in [0.717, 1.165) is 17.6 Å². The number of hydrogen-bond donors (Lipinski definition) is 2. The Kier molecular flexibility index (Phi) is 4.00. The molecule has 0 spiro atoms. The van der Waals surface area contributed by atoms with Gasteiger partial charge in [0.05, 0.1) is 15.1 Å². The summed E-state index contributed by atoms with van der Waals surface area (Å²) in [6.07, 6.45) is 1.12. The molecule has 1 aromatic heterocycles. The number of hydrogen-bond acceptors (Lipinski definition) is 6. The monoisotopic (exact) mass is 335 g/mol. The molecule has 7 nitrogen and oxygen atoms in total. The quantitative estimate of drug-likeness (QED) is 0.847. The standard InChI is InChI=1S/C10H13N3O4S3/c1-3-11-20(16,17)13-10-12-8-5-4-7(19(2,14)15)6-9(8)18-10/h4-6,11H,3H2,1-2H3,(H,12,13). The number of aromatic nitrogens is 1. The van der Waals surface area contributed by atoms with E-state index in [1.807, 2.05) is 0 Å². The minimum Gasteiger partial charge on any atom is -0.246 e. The lowest BCUT2D eigenvalue weighted by Crippen LogP contribution is -2.29. The molecule has 0 bridgehead atoms. The predicted octanol–water partition coefficient (Wildman–Crippen LogP) is 0.966. The number of benzene rings is 1. The summed E-state index contributed by atoms with van der Waals surface area (Å²) in [4.78, 5) is 4.27. The van der Waals surface area contributed by atoms with Gasteiger partial charge in [0, 0.05) is 12.8 Å². The number of sulfone groups is 1. The Morgan fingerprint density at radius 1 is 1.25 bits per heavy atom. The molecule has 0 radical (unpaired) electrons. The van der Waals surface area contributed by atoms with E-state index >= 15 is 0 Å². The molecule has 2 aromatic rings. The van der Waals surface area contributed by atoms with Gasteiger partial charge in [-0.2, -0.15) is 13.1 Å². The number of nitrogens with one attached hydrogen (secondary N) is 2. The molecular weight excluding hydrogens is 322 g/mol. The Balaban J connectivity index is 2.40. The van der Waals surface area contributed by atoms with Crippen molar-refractivity contribution in [2.45, 2.75) is 11.8 Å². The lowest BCUT2D eigenvalue weighted by atomic mass is 10.3. The van der Waals surface area contributed by atoms with Crippen molar-refractivity contribution in [3.63, 3.8) is 0 Å². The van der Waals surface area contributed by atoms with Crippen LogP contribution < -0.4 is 9.44 Å². The summed E-state index contributed by atoms with van der Waals surface area (Å²) in [7, 11) is -6.94. The fourth-order valence-electron chi connectivity index (χ4n) is 1.52. The van der Waals surface area contributed by atoms with Crippen molar-refractivity contribution in [2.75, 3.05) is 17.5 Å². The lowest BCUT2D eigenvalue weighted by molar-refractivity contribution is 0.589. The molecule has 0 aliphatic rings. The van der Waals surface area contributed by atoms with Crippen molar-refractivity contribution in [2.24, 2.45) is 0 Å². The van der Waals surface area contributed by atoms with Crippen LogP contribution in [-0.4, -0.2) is 34.6 Å². The normalized spacial score (nSPS) is 12.7. The van der Waals surface area contributed by atoms with E-state index in [1.165, 1.54) is 12.1 Å². The first-order valence-corrected chi connectivity index (χ1v) is 9.78. The molecule has 0 fully saturated rings. The number of nitrogens with zero attached hydrogens (tertiary/aromatic N) is 1. The molecule has 0 aliphatic carbocycles. The summed E-state index contributed by atoms with van der Waals surface area (Å²) >= 11 is 1.07. The number of anilines is 1. The molecule has 1 aromatic carbocycles. The molecule has 10 heteroatoms. The maximum atomic E-state index is 11.6. The first-order valence-electron chi connectivity index (χ1n) is 5.59. The zero-order chi connectivity index (χ0) is 15.0. The number of rotatable bonds is 5. The first kappa shape index (κ1) is 15.2. The third kappa shape index (κ3) is 3.45. The van der Waals surface area contributed by atoms with Gasteiger partial charge in [-0.1, -0.05) is 18.3 Å². The zero-order valence-electron chi connectivity index (χ0n) is 10.7. The Morgan fingerprint density at radius 3 is 2.55 bits per heavy atom. The maximum absolute atomic E-state index is 11.6. The van der Waals surface area contributed by atoms with Crippen LogP contribution in [0.1, 0.15) is 6.92 Å². The maximum Gasteiger partial charge on any atom is 0.300 e. The summed E-state index contributed by atoms with van der Waals surface area (Å²) in [6.45, 7) is 1.93. The molecule has 0 unspecified atom stereocenters. The Bertz CT molecular complexity index is 840. The van der Waals surface area contributed by atoms with Gasteiger partial charge in [0.2, 0.25) is 0 Å². The number of thiazole rings is 1. The zero-order valence-corrected chi connectivity index (χ0v) is 13.2. The summed E-state index contributed by atoms with van der Waals surface area (Å²) in [5, 5.41) is 0.187. The fourth-order valence-corrected chi connectivity index (χ4v) is 4.22. The van der Waals surface area contributed by atoms with Gasteiger partial charge in [0.1, 0.15) is 0 Å². The molecule has 0 atom stereocenters. The first-order chi connectivity index (χ1) is 9.21. The van der Waals surface area contributed by atoms with Crippen LogP contribution >= 0.6 is 11.3 Å². The fraction of sp³-hybridized carbons (Fsp3) is 0.300. The van der Waals surface area contributed by atoms with Crippen molar-refractivity contribution in [1.82, 2.24) is 9.71 Å². The molecule has 0 saturated heterocycles. The summed E-state index contributed by atoms with van der Waals surface area (Å²) in [6, 6.07) is 4.47. The van der Waals surface area contributed by atoms with Crippen molar-refractivity contribution < 1.29 is 16.8 Å². The van der Waals surface area contributed by atoms with Crippen LogP contribution in [0.3, 0.4) is 0 Å². The molecule has 0 aliphatic heterocycles. The SMILES string of the molecule is CCNS(=O)(=O)Nc1nc2ccc(S(C)(=O)=O)cc2s1. The largest absolute Gasteiger partial charge is 0.300 e. The van der Waals surface area contributed by atoms with Crippen molar-refractivity contribution >= 4 is 46.7 Å². The van der Waals surface area contributed by atoms with Crippen molar-refractivity contribution in [3.05, 3.63) is 18.2 Å². The van der Waals surface area contributed by atoms with E-state index in [9.17, 15) is 16.8 Å². The van der Waals surface area contributed by atoms with Crippen LogP contribution in [-0.2, 0) is 20.0 Å². The lowest BCUT2D eigenvalue weighted by Gasteiger charge is -2.03. The van der Waals surface area contributed by atoms with Crippen LogP contribution in [0.15, 0.2) is 23.1 Å².